The van der Waals surface area contributed by atoms with Gasteiger partial charge in [0.05, 0.1) is 5.75 Å². The molecule has 102 valence electrons. The fourth-order valence-electron chi connectivity index (χ4n) is 2.35. The summed E-state index contributed by atoms with van der Waals surface area (Å²) in [4.78, 5) is 0. The molecular weight excluding hydrogens is 258 g/mol. The highest BCUT2D eigenvalue weighted by Crippen LogP contribution is 2.26. The lowest BCUT2D eigenvalue weighted by molar-refractivity contribution is 0.474. The van der Waals surface area contributed by atoms with E-state index in [9.17, 15) is 12.6 Å². The van der Waals surface area contributed by atoms with Crippen LogP contribution in [0.15, 0.2) is 0 Å². The highest BCUT2D eigenvalue weighted by atomic mass is 32.2. The molecule has 0 heterocycles. The van der Waals surface area contributed by atoms with E-state index in [-0.39, 0.29) is 16.8 Å². The number of nitrogens with two attached hydrogens (primary N) is 1. The van der Waals surface area contributed by atoms with Crippen LogP contribution in [0, 0.1) is 5.92 Å². The lowest BCUT2D eigenvalue weighted by atomic mass is 10.0. The molecule has 1 aliphatic carbocycles. The van der Waals surface area contributed by atoms with Crippen molar-refractivity contribution in [2.75, 3.05) is 24.3 Å². The van der Waals surface area contributed by atoms with Crippen molar-refractivity contribution in [1.82, 2.24) is 0 Å². The van der Waals surface area contributed by atoms with E-state index < -0.39 is 20.6 Å². The summed E-state index contributed by atoms with van der Waals surface area (Å²) in [7, 11) is -4.07. The van der Waals surface area contributed by atoms with E-state index in [0.29, 0.717) is 12.5 Å². The fraction of sp³-hybridized carbons (Fsp3) is 1.00. The Labute approximate surface area is 107 Å². The molecule has 0 aliphatic heterocycles. The molecule has 0 saturated heterocycles. The summed E-state index contributed by atoms with van der Waals surface area (Å²) in [6.07, 6.45) is 6.57. The first-order chi connectivity index (χ1) is 7.94. The molecule has 3 unspecified atom stereocenters. The van der Waals surface area contributed by atoms with Gasteiger partial charge in [0.2, 0.25) is 0 Å². The molecule has 0 radical (unpaired) electrons. The summed E-state index contributed by atoms with van der Waals surface area (Å²) in [6.45, 7) is 0.565. The Morgan fingerprint density at radius 3 is 2.47 bits per heavy atom. The van der Waals surface area contributed by atoms with Gasteiger partial charge in [-0.3, -0.25) is 4.21 Å². The van der Waals surface area contributed by atoms with Crippen molar-refractivity contribution in [3.63, 3.8) is 0 Å². The van der Waals surface area contributed by atoms with Crippen molar-refractivity contribution in [3.05, 3.63) is 0 Å². The van der Waals surface area contributed by atoms with Gasteiger partial charge in [-0.2, -0.15) is 0 Å². The molecule has 17 heavy (non-hydrogen) atoms. The largest absolute Gasteiger partial charge is 0.330 e. The molecule has 1 rings (SSSR count). The van der Waals surface area contributed by atoms with Crippen LogP contribution in [0.2, 0.25) is 0 Å². The maximum atomic E-state index is 12.2. The van der Waals surface area contributed by atoms with E-state index in [4.69, 9.17) is 5.73 Å². The predicted octanol–water partition coefficient (Wildman–Crippen LogP) is 0.687. The van der Waals surface area contributed by atoms with Crippen LogP contribution in [0.25, 0.3) is 0 Å². The normalized spacial score (nSPS) is 28.6. The first-order valence-electron chi connectivity index (χ1n) is 6.19. The zero-order chi connectivity index (χ0) is 12.9. The summed E-state index contributed by atoms with van der Waals surface area (Å²) in [5.74, 6) is 0.589. The molecule has 0 amide bonds. The summed E-state index contributed by atoms with van der Waals surface area (Å²) in [6, 6.07) is 0. The summed E-state index contributed by atoms with van der Waals surface area (Å²) >= 11 is 0. The molecule has 4 nitrogen and oxygen atoms in total. The molecule has 0 aromatic heterocycles. The van der Waals surface area contributed by atoms with Crippen LogP contribution in [0.4, 0.5) is 0 Å². The summed E-state index contributed by atoms with van der Waals surface area (Å²) in [5.41, 5.74) is 5.73. The Balaban J connectivity index is 2.58. The third kappa shape index (κ3) is 5.48. The van der Waals surface area contributed by atoms with Gasteiger partial charge in [-0.15, -0.1) is 0 Å². The smallest absolute Gasteiger partial charge is 0.148 e. The van der Waals surface area contributed by atoms with Crippen molar-refractivity contribution >= 4 is 20.6 Å². The van der Waals surface area contributed by atoms with Gasteiger partial charge in [-0.25, -0.2) is 8.42 Å². The topological polar surface area (TPSA) is 77.2 Å². The standard InChI is InChI=1S/C11H23NO3S2/c1-17(14,15)8-7-16(13)11-6-4-2-3-5-10(11)9-12/h10-11H,2-9,12H2,1H3. The zero-order valence-electron chi connectivity index (χ0n) is 10.4. The van der Waals surface area contributed by atoms with E-state index in [1.165, 1.54) is 12.7 Å². The van der Waals surface area contributed by atoms with Crippen molar-refractivity contribution in [2.45, 2.75) is 37.4 Å². The highest BCUT2D eigenvalue weighted by Gasteiger charge is 2.27. The van der Waals surface area contributed by atoms with Crippen LogP contribution in [0.5, 0.6) is 0 Å². The number of sulfone groups is 1. The summed E-state index contributed by atoms with van der Waals surface area (Å²) < 4.78 is 34.3. The van der Waals surface area contributed by atoms with E-state index in [1.54, 1.807) is 0 Å². The van der Waals surface area contributed by atoms with Gasteiger partial charge in [0.1, 0.15) is 9.84 Å². The molecule has 0 spiro atoms. The van der Waals surface area contributed by atoms with Crippen molar-refractivity contribution in [1.29, 1.82) is 0 Å². The Hall–Kier alpha value is 0.0600. The third-order valence-corrected chi connectivity index (χ3v) is 6.49. The van der Waals surface area contributed by atoms with Crippen LogP contribution in [-0.4, -0.2) is 42.2 Å². The van der Waals surface area contributed by atoms with Gasteiger partial charge in [0, 0.05) is 28.1 Å². The van der Waals surface area contributed by atoms with Gasteiger partial charge in [-0.05, 0) is 25.3 Å². The molecule has 2 N–H and O–H groups in total. The van der Waals surface area contributed by atoms with Gasteiger partial charge < -0.3 is 5.73 Å². The van der Waals surface area contributed by atoms with Gasteiger partial charge in [-0.1, -0.05) is 19.3 Å². The second-order valence-corrected chi connectivity index (χ2v) is 8.92. The molecule has 3 atom stereocenters. The molecule has 1 saturated carbocycles. The van der Waals surface area contributed by atoms with Crippen LogP contribution >= 0.6 is 0 Å². The van der Waals surface area contributed by atoms with E-state index in [1.807, 2.05) is 0 Å². The van der Waals surface area contributed by atoms with Crippen molar-refractivity contribution in [2.24, 2.45) is 11.7 Å². The van der Waals surface area contributed by atoms with Gasteiger partial charge in [0.25, 0.3) is 0 Å². The van der Waals surface area contributed by atoms with E-state index in [0.717, 1.165) is 25.7 Å². The number of rotatable bonds is 5. The van der Waals surface area contributed by atoms with Crippen LogP contribution in [0.3, 0.4) is 0 Å². The lowest BCUT2D eigenvalue weighted by Gasteiger charge is -2.22. The highest BCUT2D eigenvalue weighted by molar-refractivity contribution is 7.92. The minimum atomic E-state index is -3.02. The lowest BCUT2D eigenvalue weighted by Crippen LogP contribution is -2.33. The van der Waals surface area contributed by atoms with Crippen LogP contribution < -0.4 is 5.73 Å². The molecule has 1 fully saturated rings. The fourth-order valence-corrected chi connectivity index (χ4v) is 5.63. The first-order valence-corrected chi connectivity index (χ1v) is 9.63. The Kier molecular flexibility index (Phi) is 6.09. The average Bonchev–Trinajstić information content (AvgIpc) is 2.49. The number of hydrogen-bond acceptors (Lipinski definition) is 4. The minimum absolute atomic E-state index is 0.0212. The van der Waals surface area contributed by atoms with Crippen molar-refractivity contribution < 1.29 is 12.6 Å². The zero-order valence-corrected chi connectivity index (χ0v) is 12.1. The monoisotopic (exact) mass is 281 g/mol. The Morgan fingerprint density at radius 1 is 1.24 bits per heavy atom. The van der Waals surface area contributed by atoms with E-state index in [2.05, 4.69) is 0 Å². The molecule has 0 aromatic carbocycles. The molecule has 1 aliphatic rings. The third-order valence-electron chi connectivity index (χ3n) is 3.39. The maximum Gasteiger partial charge on any atom is 0.148 e. The predicted molar refractivity (Wildman–Crippen MR) is 72.1 cm³/mol. The average molecular weight is 281 g/mol. The first kappa shape index (κ1) is 15.1. The Morgan fingerprint density at radius 2 is 1.88 bits per heavy atom. The Bertz CT molecular complexity index is 354. The quantitative estimate of drug-likeness (QED) is 0.752. The van der Waals surface area contributed by atoms with Crippen LogP contribution in [0.1, 0.15) is 32.1 Å². The molecule has 0 bridgehead atoms. The second-order valence-electron chi connectivity index (χ2n) is 4.89. The van der Waals surface area contributed by atoms with Gasteiger partial charge >= 0.3 is 0 Å². The maximum absolute atomic E-state index is 12.2. The van der Waals surface area contributed by atoms with Crippen molar-refractivity contribution in [3.8, 4) is 0 Å². The summed E-state index contributed by atoms with van der Waals surface area (Å²) in [5, 5.41) is 0.101. The molecule has 6 heteroatoms. The van der Waals surface area contributed by atoms with E-state index >= 15 is 0 Å². The SMILES string of the molecule is CS(=O)(=O)CCS(=O)C1CCCCCC1CN. The minimum Gasteiger partial charge on any atom is -0.330 e. The molecule has 0 aromatic rings. The van der Waals surface area contributed by atoms with Gasteiger partial charge in [0.15, 0.2) is 0 Å². The molecular formula is C11H23NO3S2. The second kappa shape index (κ2) is 6.85. The van der Waals surface area contributed by atoms with Crippen LogP contribution in [-0.2, 0) is 20.6 Å². The number of hydrogen-bond donors (Lipinski definition) is 1.